The summed E-state index contributed by atoms with van der Waals surface area (Å²) >= 11 is 0. The fourth-order valence-corrected chi connectivity index (χ4v) is 3.76. The summed E-state index contributed by atoms with van der Waals surface area (Å²) in [6.07, 6.45) is 0. The molecular formula is C18H22Cl2N2O. The minimum Gasteiger partial charge on any atom is -0.508 e. The largest absolute Gasteiger partial charge is 0.508 e. The number of nitrogens with zero attached hydrogens (tertiary/aromatic N) is 1. The number of benzene rings is 2. The number of nitrogens with one attached hydrogen (secondary N) is 1. The van der Waals surface area contributed by atoms with Crippen LogP contribution in [-0.4, -0.2) is 36.2 Å². The lowest BCUT2D eigenvalue weighted by Gasteiger charge is -2.44. The zero-order chi connectivity index (χ0) is 14.2. The Hall–Kier alpha value is -1.26. The predicted molar refractivity (Wildman–Crippen MR) is 98.1 cm³/mol. The number of hydrogen-bond donors (Lipinski definition) is 2. The van der Waals surface area contributed by atoms with Crippen molar-refractivity contribution in [2.45, 2.75) is 12.0 Å². The van der Waals surface area contributed by atoms with Gasteiger partial charge in [0.2, 0.25) is 0 Å². The van der Waals surface area contributed by atoms with Gasteiger partial charge in [-0.2, -0.15) is 0 Å². The highest BCUT2D eigenvalue weighted by molar-refractivity contribution is 5.85. The molecule has 0 radical (unpaired) electrons. The van der Waals surface area contributed by atoms with E-state index in [0.717, 1.165) is 26.2 Å². The third-order valence-corrected chi connectivity index (χ3v) is 4.77. The van der Waals surface area contributed by atoms with Crippen molar-refractivity contribution in [1.82, 2.24) is 10.2 Å². The van der Waals surface area contributed by atoms with Crippen LogP contribution in [0.25, 0.3) is 0 Å². The zero-order valence-electron chi connectivity index (χ0n) is 12.8. The average molecular weight is 353 g/mol. The lowest BCUT2D eigenvalue weighted by molar-refractivity contribution is 0.143. The molecule has 0 bridgehead atoms. The van der Waals surface area contributed by atoms with Gasteiger partial charge in [-0.3, -0.25) is 4.90 Å². The minimum absolute atomic E-state index is 0. The van der Waals surface area contributed by atoms with E-state index in [-0.39, 0.29) is 24.8 Å². The maximum absolute atomic E-state index is 9.80. The van der Waals surface area contributed by atoms with Gasteiger partial charge in [0.1, 0.15) is 5.75 Å². The van der Waals surface area contributed by atoms with Gasteiger partial charge in [0.15, 0.2) is 0 Å². The number of piperazine rings is 1. The van der Waals surface area contributed by atoms with E-state index in [2.05, 4.69) is 40.5 Å². The maximum atomic E-state index is 9.80. The first kappa shape index (κ1) is 18.1. The molecular weight excluding hydrogens is 331 g/mol. The van der Waals surface area contributed by atoms with Crippen molar-refractivity contribution in [1.29, 1.82) is 0 Å². The summed E-state index contributed by atoms with van der Waals surface area (Å²) in [6.45, 7) is 4.22. The second-order valence-corrected chi connectivity index (χ2v) is 5.99. The molecule has 2 aromatic rings. The molecule has 4 rings (SSSR count). The van der Waals surface area contributed by atoms with Crippen molar-refractivity contribution in [3.8, 4) is 5.75 Å². The predicted octanol–water partition coefficient (Wildman–Crippen LogP) is 3.33. The topological polar surface area (TPSA) is 35.5 Å². The first-order chi connectivity index (χ1) is 10.3. The van der Waals surface area contributed by atoms with Crippen molar-refractivity contribution in [2.75, 3.05) is 26.2 Å². The van der Waals surface area contributed by atoms with Crippen LogP contribution in [0.3, 0.4) is 0 Å². The molecule has 2 heterocycles. The molecule has 0 unspecified atom stereocenters. The van der Waals surface area contributed by atoms with Crippen molar-refractivity contribution in [2.24, 2.45) is 0 Å². The summed E-state index contributed by atoms with van der Waals surface area (Å²) in [4.78, 5) is 2.58. The van der Waals surface area contributed by atoms with Crippen LogP contribution in [0.5, 0.6) is 5.75 Å². The monoisotopic (exact) mass is 352 g/mol. The number of rotatable bonds is 1. The van der Waals surface area contributed by atoms with Crippen LogP contribution in [0.4, 0.5) is 0 Å². The Morgan fingerprint density at radius 3 is 2.57 bits per heavy atom. The van der Waals surface area contributed by atoms with E-state index in [4.69, 9.17) is 0 Å². The van der Waals surface area contributed by atoms with Crippen LogP contribution in [0, 0.1) is 0 Å². The number of phenolic OH excluding ortho intramolecular Hbond substituents is 1. The molecule has 0 aliphatic carbocycles. The van der Waals surface area contributed by atoms with Crippen LogP contribution in [0.2, 0.25) is 0 Å². The Balaban J connectivity index is 0.000000960. The number of phenols is 1. The maximum Gasteiger partial charge on any atom is 0.115 e. The second kappa shape index (κ2) is 7.54. The van der Waals surface area contributed by atoms with Crippen molar-refractivity contribution >= 4 is 24.8 Å². The van der Waals surface area contributed by atoms with Crippen LogP contribution in [-0.2, 0) is 0 Å². The summed E-state index contributed by atoms with van der Waals surface area (Å²) in [7, 11) is 0. The van der Waals surface area contributed by atoms with Gasteiger partial charge in [-0.05, 0) is 28.8 Å². The van der Waals surface area contributed by atoms with Gasteiger partial charge in [-0.15, -0.1) is 24.8 Å². The molecule has 2 aromatic carbocycles. The highest BCUT2D eigenvalue weighted by atomic mass is 35.5. The number of halogens is 2. The third kappa shape index (κ3) is 3.33. The van der Waals surface area contributed by atoms with Gasteiger partial charge in [-0.25, -0.2) is 0 Å². The molecule has 2 atom stereocenters. The molecule has 1 fully saturated rings. The van der Waals surface area contributed by atoms with Gasteiger partial charge in [0, 0.05) is 38.1 Å². The normalized spacial score (nSPS) is 23.0. The highest BCUT2D eigenvalue weighted by Crippen LogP contribution is 2.40. The van der Waals surface area contributed by atoms with Crippen molar-refractivity contribution in [3.05, 3.63) is 65.2 Å². The SMILES string of the molecule is Cl.Cl.Oc1cccc([C@@H]2CN3CCNC[C@H]3c3ccccc32)c1. The Bertz CT molecular complexity index is 665. The molecule has 23 heavy (non-hydrogen) atoms. The van der Waals surface area contributed by atoms with Crippen molar-refractivity contribution in [3.63, 3.8) is 0 Å². The van der Waals surface area contributed by atoms with Gasteiger partial charge in [-0.1, -0.05) is 36.4 Å². The molecule has 5 heteroatoms. The van der Waals surface area contributed by atoms with Crippen molar-refractivity contribution < 1.29 is 5.11 Å². The fourth-order valence-electron chi connectivity index (χ4n) is 3.76. The fraction of sp³-hybridized carbons (Fsp3) is 0.333. The smallest absolute Gasteiger partial charge is 0.115 e. The van der Waals surface area contributed by atoms with E-state index in [1.807, 2.05) is 12.1 Å². The van der Waals surface area contributed by atoms with Gasteiger partial charge in [0.25, 0.3) is 0 Å². The molecule has 0 amide bonds. The number of aromatic hydroxyl groups is 1. The molecule has 1 saturated heterocycles. The second-order valence-electron chi connectivity index (χ2n) is 5.99. The average Bonchev–Trinajstić information content (AvgIpc) is 2.54. The lowest BCUT2D eigenvalue weighted by Crippen LogP contribution is -2.50. The van der Waals surface area contributed by atoms with Crippen LogP contribution >= 0.6 is 24.8 Å². The van der Waals surface area contributed by atoms with E-state index >= 15 is 0 Å². The van der Waals surface area contributed by atoms with E-state index in [9.17, 15) is 5.11 Å². The summed E-state index contributed by atoms with van der Waals surface area (Å²) in [5.41, 5.74) is 4.05. The molecule has 2 aliphatic heterocycles. The Kier molecular flexibility index (Phi) is 5.93. The molecule has 0 saturated carbocycles. The number of fused-ring (bicyclic) bond motifs is 3. The van der Waals surface area contributed by atoms with Crippen LogP contribution in [0.15, 0.2) is 48.5 Å². The van der Waals surface area contributed by atoms with E-state index in [1.165, 1.54) is 16.7 Å². The number of hydrogen-bond acceptors (Lipinski definition) is 3. The molecule has 124 valence electrons. The van der Waals surface area contributed by atoms with Gasteiger partial charge < -0.3 is 10.4 Å². The quantitative estimate of drug-likeness (QED) is 0.826. The molecule has 0 spiro atoms. The van der Waals surface area contributed by atoms with Crippen LogP contribution < -0.4 is 5.32 Å². The Morgan fingerprint density at radius 2 is 1.78 bits per heavy atom. The molecule has 3 nitrogen and oxygen atoms in total. The van der Waals surface area contributed by atoms with Gasteiger partial charge >= 0.3 is 0 Å². The van der Waals surface area contributed by atoms with E-state index in [1.54, 1.807) is 6.07 Å². The third-order valence-electron chi connectivity index (χ3n) is 4.77. The summed E-state index contributed by atoms with van der Waals surface area (Å²) < 4.78 is 0. The molecule has 2 N–H and O–H groups in total. The zero-order valence-corrected chi connectivity index (χ0v) is 14.4. The standard InChI is InChI=1S/C18H20N2O.2ClH/c21-14-5-3-4-13(10-14)17-12-20-9-8-19-11-18(20)16-7-2-1-6-15(16)17;;/h1-7,10,17-19,21H,8-9,11-12H2;2*1H/t17-,18-;;/m0../s1. The summed E-state index contributed by atoms with van der Waals surface area (Å²) in [5.74, 6) is 0.704. The molecule has 0 aromatic heterocycles. The lowest BCUT2D eigenvalue weighted by atomic mass is 9.81. The van der Waals surface area contributed by atoms with E-state index < -0.39 is 0 Å². The van der Waals surface area contributed by atoms with E-state index in [0.29, 0.717) is 17.7 Å². The molecule has 2 aliphatic rings. The Morgan fingerprint density at radius 1 is 1.00 bits per heavy atom. The Labute approximate surface area is 149 Å². The summed E-state index contributed by atoms with van der Waals surface area (Å²) in [6, 6.07) is 17.0. The minimum atomic E-state index is 0. The summed E-state index contributed by atoms with van der Waals surface area (Å²) in [5, 5.41) is 13.3. The first-order valence-electron chi connectivity index (χ1n) is 7.65. The van der Waals surface area contributed by atoms with Crippen LogP contribution in [0.1, 0.15) is 28.7 Å². The van der Waals surface area contributed by atoms with Gasteiger partial charge in [0.05, 0.1) is 0 Å². The highest BCUT2D eigenvalue weighted by Gasteiger charge is 2.34. The first-order valence-corrected chi connectivity index (χ1v) is 7.65.